The molecule has 0 radical (unpaired) electrons. The van der Waals surface area contributed by atoms with Crippen molar-refractivity contribution in [2.45, 2.75) is 46.4 Å². The quantitative estimate of drug-likeness (QED) is 0.276. The molecule has 3 rings (SSSR count). The summed E-state index contributed by atoms with van der Waals surface area (Å²) in [5.41, 5.74) is 10.1. The zero-order valence-electron chi connectivity index (χ0n) is 17.5. The van der Waals surface area contributed by atoms with Crippen LogP contribution in [0.4, 0.5) is 0 Å². The van der Waals surface area contributed by atoms with Gasteiger partial charge in [-0.25, -0.2) is 0 Å². The summed E-state index contributed by atoms with van der Waals surface area (Å²) in [5.74, 6) is 0. The topological polar surface area (TPSA) is 9.86 Å². The van der Waals surface area contributed by atoms with Crippen molar-refractivity contribution < 1.29 is 15.3 Å². The summed E-state index contributed by atoms with van der Waals surface area (Å²) in [6.45, 7) is 17.0. The van der Waals surface area contributed by atoms with Crippen LogP contribution in [0.1, 0.15) is 33.4 Å². The molecule has 0 aliphatic carbocycles. The summed E-state index contributed by atoms with van der Waals surface area (Å²) < 4.78 is 5.79. The van der Waals surface area contributed by atoms with Crippen LogP contribution in [0, 0.1) is 45.4 Å². The van der Waals surface area contributed by atoms with Gasteiger partial charge < -0.3 is 0 Å². The molecule has 4 heteroatoms. The van der Waals surface area contributed by atoms with Gasteiger partial charge in [0.2, 0.25) is 0 Å². The summed E-state index contributed by atoms with van der Waals surface area (Å²) in [4.78, 5) is 0.824. The first kappa shape index (κ1) is 21.1. The van der Waals surface area contributed by atoms with E-state index in [0.717, 1.165) is 4.89 Å². The molecule has 0 saturated heterocycles. The Morgan fingerprint density at radius 3 is 1.46 bits per heavy atom. The second kappa shape index (κ2) is 8.38. The fourth-order valence-electron chi connectivity index (χ4n) is 4.09. The Hall–Kier alpha value is -1.66. The molecule has 0 aliphatic heterocycles. The van der Waals surface area contributed by atoms with E-state index in [2.05, 4.69) is 93.9 Å². The molecule has 0 spiro atoms. The standard InChI is InChI=1S/C21H24N2.C3H5.ClH.Pd/c1-14-9-16(3)20(17(4)10-14)22-7-8-23(13-22)21-18(5)11-15(2)12-19(21)6;1-3-2;;/h7-12H,1-6H3;3H,1-2H2;1H;/q;;;+1/p-1. The number of halogens is 1. The van der Waals surface area contributed by atoms with Crippen molar-refractivity contribution >= 4 is 9.53 Å². The minimum atomic E-state index is -1.50. The van der Waals surface area contributed by atoms with Gasteiger partial charge in [-0.3, -0.25) is 0 Å². The van der Waals surface area contributed by atoms with Crippen molar-refractivity contribution in [2.24, 2.45) is 0 Å². The summed E-state index contributed by atoms with van der Waals surface area (Å²) in [6.07, 6.45) is 6.27. The third kappa shape index (κ3) is 3.90. The molecule has 1 aromatic heterocycles. The molecule has 0 atom stereocenters. The Labute approximate surface area is 177 Å². The number of benzene rings is 2. The number of nitrogens with zero attached hydrogens (tertiary/aromatic N) is 2. The number of allylic oxidation sites excluding steroid dienone is 1. The van der Waals surface area contributed by atoms with Crippen LogP contribution in [0.2, 0.25) is 4.89 Å². The molecular weight excluding hydrogens is 458 g/mol. The van der Waals surface area contributed by atoms with E-state index < -0.39 is 15.3 Å². The van der Waals surface area contributed by atoms with Crippen LogP contribution in [0.3, 0.4) is 0 Å². The Bertz CT molecular complexity index is 1010. The Kier molecular flexibility index (Phi) is 6.30. The van der Waals surface area contributed by atoms with Crippen molar-refractivity contribution in [3.8, 4) is 11.4 Å². The summed E-state index contributed by atoms with van der Waals surface area (Å²) in [5, 5.41) is 0. The van der Waals surface area contributed by atoms with Gasteiger partial charge in [0.25, 0.3) is 0 Å². The van der Waals surface area contributed by atoms with Gasteiger partial charge in [0.15, 0.2) is 0 Å². The van der Waals surface area contributed by atoms with Crippen molar-refractivity contribution in [1.82, 2.24) is 9.13 Å². The molecule has 0 saturated carbocycles. The molecule has 1 heterocycles. The first-order chi connectivity index (χ1) is 13.2. The van der Waals surface area contributed by atoms with Crippen molar-refractivity contribution in [1.29, 1.82) is 0 Å². The average Bonchev–Trinajstić information content (AvgIpc) is 2.97. The molecule has 0 unspecified atom stereocenters. The molecule has 152 valence electrons. The van der Waals surface area contributed by atoms with Gasteiger partial charge in [-0.2, -0.15) is 0 Å². The third-order valence-corrected chi connectivity index (χ3v) is 8.56. The van der Waals surface area contributed by atoms with E-state index in [1.54, 1.807) is 0 Å². The fourth-order valence-corrected chi connectivity index (χ4v) is 7.25. The molecule has 0 amide bonds. The summed E-state index contributed by atoms with van der Waals surface area (Å²) in [7, 11) is 7.03. The number of rotatable bonds is 4. The van der Waals surface area contributed by atoms with Crippen LogP contribution < -0.4 is 0 Å². The van der Waals surface area contributed by atoms with Gasteiger partial charge in [0, 0.05) is 0 Å². The van der Waals surface area contributed by atoms with Gasteiger partial charge in [-0.05, 0) is 0 Å². The van der Waals surface area contributed by atoms with E-state index in [0.29, 0.717) is 0 Å². The molecule has 2 aromatic carbocycles. The van der Waals surface area contributed by atoms with Gasteiger partial charge in [0.1, 0.15) is 0 Å². The van der Waals surface area contributed by atoms with Gasteiger partial charge in [0.05, 0.1) is 0 Å². The van der Waals surface area contributed by atoms with Crippen LogP contribution in [-0.4, -0.2) is 9.13 Å². The van der Waals surface area contributed by atoms with Crippen LogP contribution in [0.25, 0.3) is 11.4 Å². The molecule has 0 bridgehead atoms. The number of hydrogen-bond acceptors (Lipinski definition) is 0. The van der Waals surface area contributed by atoms with E-state index in [9.17, 15) is 0 Å². The van der Waals surface area contributed by atoms with Gasteiger partial charge in [-0.15, -0.1) is 0 Å². The first-order valence-electron chi connectivity index (χ1n) is 9.37. The molecule has 0 N–H and O–H groups in total. The average molecular weight is 487 g/mol. The maximum absolute atomic E-state index is 7.03. The van der Waals surface area contributed by atoms with Gasteiger partial charge in [-0.1, -0.05) is 0 Å². The van der Waals surface area contributed by atoms with Crippen LogP contribution in [0.5, 0.6) is 0 Å². The number of hydrogen-bond donors (Lipinski definition) is 0. The molecular formula is C24H29ClN2Pd. The van der Waals surface area contributed by atoms with E-state index in [1.165, 1.54) is 48.6 Å². The van der Waals surface area contributed by atoms with Crippen LogP contribution >= 0.6 is 9.53 Å². The number of aromatic nitrogens is 2. The predicted octanol–water partition coefficient (Wildman–Crippen LogP) is 7.03. The van der Waals surface area contributed by atoms with E-state index in [4.69, 9.17) is 9.53 Å². The third-order valence-electron chi connectivity index (χ3n) is 4.84. The zero-order valence-corrected chi connectivity index (χ0v) is 19.9. The normalized spacial score (nSPS) is 11.6. The van der Waals surface area contributed by atoms with E-state index in [-0.39, 0.29) is 0 Å². The second-order valence-electron chi connectivity index (χ2n) is 7.45. The van der Waals surface area contributed by atoms with Crippen molar-refractivity contribution in [3.05, 3.63) is 86.6 Å². The number of imidazole rings is 1. The van der Waals surface area contributed by atoms with Gasteiger partial charge >= 0.3 is 178 Å². The molecule has 2 nitrogen and oxygen atoms in total. The molecule has 28 heavy (non-hydrogen) atoms. The molecule has 0 aliphatic rings. The SMILES string of the molecule is C=C[CH2][Pd]([Cl])=[c]1n(-c2c(C)cc(C)cc2C)ccn1-c1c(C)cc(C)cc1C. The monoisotopic (exact) mass is 486 g/mol. The fraction of sp³-hybridized carbons (Fsp3) is 0.292. The first-order valence-corrected chi connectivity index (χ1v) is 13.2. The summed E-state index contributed by atoms with van der Waals surface area (Å²) in [6, 6.07) is 8.98. The van der Waals surface area contributed by atoms with Crippen LogP contribution in [-0.2, 0) is 15.3 Å². The van der Waals surface area contributed by atoms with E-state index >= 15 is 0 Å². The number of aryl methyl sites for hydroxylation is 6. The molecule has 0 fully saturated rings. The Morgan fingerprint density at radius 1 is 0.786 bits per heavy atom. The van der Waals surface area contributed by atoms with E-state index in [1.807, 2.05) is 6.08 Å². The van der Waals surface area contributed by atoms with Crippen molar-refractivity contribution in [2.75, 3.05) is 0 Å². The molecule has 3 aromatic rings. The predicted molar refractivity (Wildman–Crippen MR) is 118 cm³/mol. The zero-order chi connectivity index (χ0) is 20.6. The Balaban J connectivity index is 2.42. The van der Waals surface area contributed by atoms with Crippen molar-refractivity contribution in [3.63, 3.8) is 0 Å². The maximum atomic E-state index is 7.03. The summed E-state index contributed by atoms with van der Waals surface area (Å²) >= 11 is -1.50. The van der Waals surface area contributed by atoms with Crippen LogP contribution in [0.15, 0.2) is 49.3 Å². The second-order valence-corrected chi connectivity index (χ2v) is 11.7. The Morgan fingerprint density at radius 2 is 1.14 bits per heavy atom. The minimum absolute atomic E-state index is 0.824.